The topological polar surface area (TPSA) is 78.3 Å². The van der Waals surface area contributed by atoms with Crippen molar-refractivity contribution in [3.05, 3.63) is 46.8 Å². The van der Waals surface area contributed by atoms with Crippen LogP contribution in [-0.2, 0) is 17.8 Å². The average molecular weight is 411 g/mol. The molecule has 0 unspecified atom stereocenters. The Kier molecular flexibility index (Phi) is 6.92. The van der Waals surface area contributed by atoms with Crippen molar-refractivity contribution in [1.29, 1.82) is 0 Å². The van der Waals surface area contributed by atoms with E-state index in [4.69, 9.17) is 14.5 Å². The van der Waals surface area contributed by atoms with Gasteiger partial charge in [-0.05, 0) is 38.5 Å². The Bertz CT molecular complexity index is 1040. The molecule has 0 amide bonds. The van der Waals surface area contributed by atoms with Crippen molar-refractivity contribution in [2.45, 2.75) is 53.1 Å². The molecule has 0 fully saturated rings. The van der Waals surface area contributed by atoms with Crippen molar-refractivity contribution in [2.75, 3.05) is 19.5 Å². The summed E-state index contributed by atoms with van der Waals surface area (Å²) < 4.78 is 12.5. The second-order valence-electron chi connectivity index (χ2n) is 7.39. The van der Waals surface area contributed by atoms with Gasteiger partial charge in [0.15, 0.2) is 0 Å². The van der Waals surface area contributed by atoms with Crippen molar-refractivity contribution >= 4 is 23.0 Å². The van der Waals surface area contributed by atoms with Crippen LogP contribution in [-0.4, -0.2) is 34.7 Å². The number of rotatable bonds is 9. The van der Waals surface area contributed by atoms with Crippen molar-refractivity contribution in [3.63, 3.8) is 0 Å². The van der Waals surface area contributed by atoms with Gasteiger partial charge in [-0.2, -0.15) is 0 Å². The predicted octanol–water partition coefficient (Wildman–Crippen LogP) is 4.65. The number of pyridine rings is 1. The second kappa shape index (κ2) is 9.61. The molecule has 160 valence electrons. The molecule has 2 heterocycles. The molecule has 2 aromatic heterocycles. The minimum atomic E-state index is -0.362. The van der Waals surface area contributed by atoms with E-state index >= 15 is 0 Å². The van der Waals surface area contributed by atoms with E-state index in [1.54, 1.807) is 19.2 Å². The summed E-state index contributed by atoms with van der Waals surface area (Å²) in [6, 6.07) is 5.50. The number of carbonyl (C=O) groups is 1. The summed E-state index contributed by atoms with van der Waals surface area (Å²) in [5, 5.41) is 3.44. The molecule has 0 spiro atoms. The lowest BCUT2D eigenvalue weighted by Crippen LogP contribution is -2.10. The molecule has 0 saturated heterocycles. The first-order chi connectivity index (χ1) is 14.5. The number of aromatic nitrogens is 3. The van der Waals surface area contributed by atoms with Gasteiger partial charge in [0.05, 0.1) is 43.1 Å². The lowest BCUT2D eigenvalue weighted by Gasteiger charge is -2.14. The van der Waals surface area contributed by atoms with Gasteiger partial charge in [-0.3, -0.25) is 4.98 Å². The highest BCUT2D eigenvalue weighted by molar-refractivity contribution is 5.94. The van der Waals surface area contributed by atoms with Gasteiger partial charge in [0.2, 0.25) is 5.95 Å². The number of hydrogen-bond donors (Lipinski definition) is 1. The zero-order chi connectivity index (χ0) is 21.7. The molecule has 7 nitrogen and oxygen atoms in total. The number of nitrogens with one attached hydrogen (secondary N) is 1. The standard InChI is InChI=1S/C23H30N4O3/c1-6-7-8-11-27-20-10-9-17(22(28)30-5)12-18(20)26-23(27)25-14-19-16(3)21(29-4)15(2)13-24-19/h9-10,12-13H,6-8,11,14H2,1-5H3,(H,25,26). The van der Waals surface area contributed by atoms with Gasteiger partial charge in [-0.1, -0.05) is 19.8 Å². The molecule has 0 radical (unpaired) electrons. The number of methoxy groups -OCH3 is 2. The number of aryl methyl sites for hydroxylation is 2. The molecule has 0 aliphatic rings. The number of nitrogens with zero attached hydrogens (tertiary/aromatic N) is 3. The van der Waals surface area contributed by atoms with E-state index in [0.717, 1.165) is 65.4 Å². The van der Waals surface area contributed by atoms with Gasteiger partial charge >= 0.3 is 5.97 Å². The van der Waals surface area contributed by atoms with Crippen molar-refractivity contribution in [2.24, 2.45) is 0 Å². The van der Waals surface area contributed by atoms with Crippen LogP contribution in [0, 0.1) is 13.8 Å². The van der Waals surface area contributed by atoms with Crippen LogP contribution in [0.4, 0.5) is 5.95 Å². The Balaban J connectivity index is 1.93. The summed E-state index contributed by atoms with van der Waals surface area (Å²) >= 11 is 0. The summed E-state index contributed by atoms with van der Waals surface area (Å²) in [5.41, 5.74) is 5.21. The lowest BCUT2D eigenvalue weighted by atomic mass is 10.1. The van der Waals surface area contributed by atoms with Gasteiger partial charge in [-0.25, -0.2) is 9.78 Å². The first kappa shape index (κ1) is 21.6. The lowest BCUT2D eigenvalue weighted by molar-refractivity contribution is 0.0601. The molecule has 0 atom stereocenters. The fourth-order valence-corrected chi connectivity index (χ4v) is 3.67. The number of hydrogen-bond acceptors (Lipinski definition) is 6. The summed E-state index contributed by atoms with van der Waals surface area (Å²) in [6.45, 7) is 7.58. The number of ether oxygens (including phenoxy) is 2. The average Bonchev–Trinajstić information content (AvgIpc) is 3.10. The van der Waals surface area contributed by atoms with Crippen LogP contribution < -0.4 is 10.1 Å². The molecule has 1 aromatic carbocycles. The van der Waals surface area contributed by atoms with E-state index in [1.807, 2.05) is 26.1 Å². The Morgan fingerprint density at radius 1 is 1.20 bits per heavy atom. The molecular weight excluding hydrogens is 380 g/mol. The third-order valence-electron chi connectivity index (χ3n) is 5.32. The quantitative estimate of drug-likeness (QED) is 0.409. The fourth-order valence-electron chi connectivity index (χ4n) is 3.67. The summed E-state index contributed by atoms with van der Waals surface area (Å²) in [5.74, 6) is 1.27. The number of carbonyl (C=O) groups excluding carboxylic acids is 1. The maximum Gasteiger partial charge on any atom is 0.337 e. The molecular formula is C23H30N4O3. The molecule has 3 rings (SSSR count). The Morgan fingerprint density at radius 3 is 2.70 bits per heavy atom. The minimum absolute atomic E-state index is 0.362. The number of unbranched alkanes of at least 4 members (excludes halogenated alkanes) is 2. The summed E-state index contributed by atoms with van der Waals surface area (Å²) in [6.07, 6.45) is 5.18. The Hall–Kier alpha value is -3.09. The third-order valence-corrected chi connectivity index (χ3v) is 5.32. The Labute approximate surface area is 177 Å². The molecule has 0 aliphatic carbocycles. The zero-order valence-electron chi connectivity index (χ0n) is 18.4. The number of anilines is 1. The van der Waals surface area contributed by atoms with Crippen LogP contribution >= 0.6 is 0 Å². The summed E-state index contributed by atoms with van der Waals surface area (Å²) in [7, 11) is 3.06. The largest absolute Gasteiger partial charge is 0.496 e. The fraction of sp³-hybridized carbons (Fsp3) is 0.435. The smallest absolute Gasteiger partial charge is 0.337 e. The van der Waals surface area contributed by atoms with Gasteiger partial charge < -0.3 is 19.4 Å². The van der Waals surface area contributed by atoms with E-state index in [9.17, 15) is 4.79 Å². The Morgan fingerprint density at radius 2 is 2.00 bits per heavy atom. The van der Waals surface area contributed by atoms with Crippen LogP contribution in [0.3, 0.4) is 0 Å². The number of benzene rings is 1. The molecule has 0 saturated carbocycles. The van der Waals surface area contributed by atoms with Crippen molar-refractivity contribution < 1.29 is 14.3 Å². The zero-order valence-corrected chi connectivity index (χ0v) is 18.4. The molecule has 0 aliphatic heterocycles. The van der Waals surface area contributed by atoms with Gasteiger partial charge in [0, 0.05) is 23.9 Å². The van der Waals surface area contributed by atoms with E-state index in [-0.39, 0.29) is 5.97 Å². The van der Waals surface area contributed by atoms with Crippen LogP contribution in [0.5, 0.6) is 5.75 Å². The minimum Gasteiger partial charge on any atom is -0.496 e. The molecule has 3 aromatic rings. The third kappa shape index (κ3) is 4.40. The van der Waals surface area contributed by atoms with Gasteiger partial charge in [0.1, 0.15) is 5.75 Å². The monoisotopic (exact) mass is 410 g/mol. The SMILES string of the molecule is CCCCCn1c(NCc2ncc(C)c(OC)c2C)nc2cc(C(=O)OC)ccc21. The highest BCUT2D eigenvalue weighted by Crippen LogP contribution is 2.26. The predicted molar refractivity (Wildman–Crippen MR) is 118 cm³/mol. The van der Waals surface area contributed by atoms with Crippen LogP contribution in [0.25, 0.3) is 11.0 Å². The van der Waals surface area contributed by atoms with Crippen LogP contribution in [0.2, 0.25) is 0 Å². The maximum atomic E-state index is 11.9. The van der Waals surface area contributed by atoms with Gasteiger partial charge in [-0.15, -0.1) is 0 Å². The van der Waals surface area contributed by atoms with E-state index in [2.05, 4.69) is 21.8 Å². The highest BCUT2D eigenvalue weighted by Gasteiger charge is 2.15. The van der Waals surface area contributed by atoms with Crippen LogP contribution in [0.15, 0.2) is 24.4 Å². The normalized spacial score (nSPS) is 11.0. The molecule has 1 N–H and O–H groups in total. The first-order valence-electron chi connectivity index (χ1n) is 10.3. The van der Waals surface area contributed by atoms with Gasteiger partial charge in [0.25, 0.3) is 0 Å². The maximum absolute atomic E-state index is 11.9. The van der Waals surface area contributed by atoms with E-state index in [1.165, 1.54) is 7.11 Å². The van der Waals surface area contributed by atoms with E-state index in [0.29, 0.717) is 12.1 Å². The number of fused-ring (bicyclic) bond motifs is 1. The summed E-state index contributed by atoms with van der Waals surface area (Å²) in [4.78, 5) is 21.2. The molecule has 0 bridgehead atoms. The first-order valence-corrected chi connectivity index (χ1v) is 10.3. The second-order valence-corrected chi connectivity index (χ2v) is 7.39. The highest BCUT2D eigenvalue weighted by atomic mass is 16.5. The molecule has 30 heavy (non-hydrogen) atoms. The number of imidazole rings is 1. The van der Waals surface area contributed by atoms with Crippen molar-refractivity contribution in [3.8, 4) is 5.75 Å². The van der Waals surface area contributed by atoms with E-state index < -0.39 is 0 Å². The van der Waals surface area contributed by atoms with Crippen LogP contribution in [0.1, 0.15) is 53.4 Å². The van der Waals surface area contributed by atoms with Crippen molar-refractivity contribution in [1.82, 2.24) is 14.5 Å². The molecule has 7 heteroatoms. The number of esters is 1.